The third-order valence-corrected chi connectivity index (χ3v) is 4.00. The van der Waals surface area contributed by atoms with Crippen molar-refractivity contribution in [1.82, 2.24) is 15.6 Å². The SMILES string of the molecule is CN=C(NCc1ccc(OCC(F)(F)F)nc1)NCC(C)COCc1ccccc1. The van der Waals surface area contributed by atoms with Crippen molar-refractivity contribution in [3.63, 3.8) is 0 Å². The van der Waals surface area contributed by atoms with Crippen LogP contribution in [-0.2, 0) is 17.9 Å². The van der Waals surface area contributed by atoms with Crippen LogP contribution >= 0.6 is 0 Å². The lowest BCUT2D eigenvalue weighted by Crippen LogP contribution is -2.39. The van der Waals surface area contributed by atoms with Crippen LogP contribution in [0.2, 0.25) is 0 Å². The summed E-state index contributed by atoms with van der Waals surface area (Å²) in [6, 6.07) is 13.1. The van der Waals surface area contributed by atoms with E-state index in [1.807, 2.05) is 30.3 Å². The van der Waals surface area contributed by atoms with E-state index in [9.17, 15) is 13.2 Å². The number of hydrogen-bond acceptors (Lipinski definition) is 4. The highest BCUT2D eigenvalue weighted by atomic mass is 19.4. The van der Waals surface area contributed by atoms with Crippen LogP contribution in [0.25, 0.3) is 0 Å². The average molecular weight is 424 g/mol. The smallest absolute Gasteiger partial charge is 0.422 e. The van der Waals surface area contributed by atoms with Gasteiger partial charge in [-0.15, -0.1) is 0 Å². The molecule has 1 atom stereocenters. The van der Waals surface area contributed by atoms with Crippen LogP contribution in [0.1, 0.15) is 18.1 Å². The van der Waals surface area contributed by atoms with Crippen molar-refractivity contribution < 1.29 is 22.6 Å². The van der Waals surface area contributed by atoms with E-state index in [1.165, 1.54) is 12.3 Å². The van der Waals surface area contributed by atoms with Gasteiger partial charge in [0.1, 0.15) is 0 Å². The summed E-state index contributed by atoms with van der Waals surface area (Å²) in [5.74, 6) is 0.823. The molecule has 30 heavy (non-hydrogen) atoms. The predicted molar refractivity (Wildman–Crippen MR) is 109 cm³/mol. The summed E-state index contributed by atoms with van der Waals surface area (Å²) in [6.07, 6.45) is -2.92. The highest BCUT2D eigenvalue weighted by Gasteiger charge is 2.28. The average Bonchev–Trinajstić information content (AvgIpc) is 2.73. The first-order valence-corrected chi connectivity index (χ1v) is 9.56. The molecule has 0 fully saturated rings. The molecule has 9 heteroatoms. The molecule has 1 aromatic carbocycles. The number of alkyl halides is 3. The molecule has 2 N–H and O–H groups in total. The van der Waals surface area contributed by atoms with Gasteiger partial charge in [0, 0.05) is 32.4 Å². The van der Waals surface area contributed by atoms with Gasteiger partial charge in [-0.3, -0.25) is 4.99 Å². The molecule has 0 aliphatic carbocycles. The molecule has 0 aliphatic rings. The Morgan fingerprint density at radius 3 is 2.50 bits per heavy atom. The van der Waals surface area contributed by atoms with Gasteiger partial charge < -0.3 is 20.1 Å². The highest BCUT2D eigenvalue weighted by molar-refractivity contribution is 5.79. The number of aromatic nitrogens is 1. The predicted octanol–water partition coefficient (Wildman–Crippen LogP) is 3.54. The number of aliphatic imine (C=N–C) groups is 1. The lowest BCUT2D eigenvalue weighted by atomic mass is 10.2. The molecule has 0 spiro atoms. The van der Waals surface area contributed by atoms with E-state index >= 15 is 0 Å². The summed E-state index contributed by atoms with van der Waals surface area (Å²) in [5, 5.41) is 6.36. The van der Waals surface area contributed by atoms with Crippen molar-refractivity contribution in [3.05, 3.63) is 59.8 Å². The lowest BCUT2D eigenvalue weighted by molar-refractivity contribution is -0.154. The van der Waals surface area contributed by atoms with Crippen molar-refractivity contribution in [3.8, 4) is 5.88 Å². The van der Waals surface area contributed by atoms with Gasteiger partial charge in [0.05, 0.1) is 13.2 Å². The molecule has 0 saturated carbocycles. The monoisotopic (exact) mass is 424 g/mol. The summed E-state index contributed by atoms with van der Waals surface area (Å²) in [6.45, 7) is 3.01. The number of rotatable bonds is 10. The second-order valence-corrected chi connectivity index (χ2v) is 6.82. The minimum Gasteiger partial charge on any atom is -0.468 e. The first kappa shape index (κ1) is 23.5. The number of pyridine rings is 1. The van der Waals surface area contributed by atoms with Crippen molar-refractivity contribution in [2.75, 3.05) is 26.8 Å². The summed E-state index contributed by atoms with van der Waals surface area (Å²) in [7, 11) is 1.66. The third-order valence-electron chi connectivity index (χ3n) is 4.00. The number of ether oxygens (including phenoxy) is 2. The fraction of sp³-hybridized carbons (Fsp3) is 0.429. The summed E-state index contributed by atoms with van der Waals surface area (Å²) >= 11 is 0. The second-order valence-electron chi connectivity index (χ2n) is 6.82. The molecular formula is C21H27F3N4O2. The highest BCUT2D eigenvalue weighted by Crippen LogP contribution is 2.17. The van der Waals surface area contributed by atoms with Gasteiger partial charge in [0.25, 0.3) is 0 Å². The van der Waals surface area contributed by atoms with E-state index in [4.69, 9.17) is 4.74 Å². The van der Waals surface area contributed by atoms with Crippen LogP contribution in [0.3, 0.4) is 0 Å². The molecular weight excluding hydrogens is 397 g/mol. The van der Waals surface area contributed by atoms with E-state index in [2.05, 4.69) is 32.3 Å². The van der Waals surface area contributed by atoms with Crippen molar-refractivity contribution >= 4 is 5.96 Å². The Balaban J connectivity index is 1.66. The van der Waals surface area contributed by atoms with E-state index in [1.54, 1.807) is 13.1 Å². The number of nitrogens with zero attached hydrogens (tertiary/aromatic N) is 2. The minimum absolute atomic E-state index is 0.0668. The molecule has 2 rings (SSSR count). The maximum absolute atomic E-state index is 12.2. The Bertz CT molecular complexity index is 768. The first-order chi connectivity index (χ1) is 14.4. The summed E-state index contributed by atoms with van der Waals surface area (Å²) in [4.78, 5) is 8.04. The maximum Gasteiger partial charge on any atom is 0.422 e. The molecule has 0 amide bonds. The number of hydrogen-bond donors (Lipinski definition) is 2. The van der Waals surface area contributed by atoms with Crippen molar-refractivity contribution in [2.45, 2.75) is 26.3 Å². The number of nitrogens with one attached hydrogen (secondary N) is 2. The van der Waals surface area contributed by atoms with Crippen molar-refractivity contribution in [2.24, 2.45) is 10.9 Å². The standard InChI is InChI=1S/C21H27F3N4O2/c1-16(13-29-14-17-6-4-3-5-7-17)10-27-20(25-2)28-12-18-8-9-19(26-11-18)30-15-21(22,23)24/h3-9,11,16H,10,12-15H2,1-2H3,(H2,25,27,28). The molecule has 0 aliphatic heterocycles. The first-order valence-electron chi connectivity index (χ1n) is 9.56. The molecule has 0 bridgehead atoms. The van der Waals surface area contributed by atoms with Crippen LogP contribution in [0, 0.1) is 5.92 Å². The number of guanidine groups is 1. The van der Waals surface area contributed by atoms with Crippen LogP contribution in [0.4, 0.5) is 13.2 Å². The topological polar surface area (TPSA) is 67.8 Å². The minimum atomic E-state index is -4.39. The van der Waals surface area contributed by atoms with Gasteiger partial charge in [0.2, 0.25) is 5.88 Å². The molecule has 0 radical (unpaired) electrons. The molecule has 164 valence electrons. The molecule has 2 aromatic rings. The molecule has 6 nitrogen and oxygen atoms in total. The summed E-state index contributed by atoms with van der Waals surface area (Å²) < 4.78 is 46.8. The zero-order valence-electron chi connectivity index (χ0n) is 17.1. The quantitative estimate of drug-likeness (QED) is 0.451. The normalized spacial score (nSPS) is 13.0. The Morgan fingerprint density at radius 1 is 1.10 bits per heavy atom. The van der Waals surface area contributed by atoms with Gasteiger partial charge in [-0.2, -0.15) is 13.2 Å². The van der Waals surface area contributed by atoms with E-state index in [-0.39, 0.29) is 11.8 Å². The molecule has 1 unspecified atom stereocenters. The zero-order valence-corrected chi connectivity index (χ0v) is 17.1. The molecule has 0 saturated heterocycles. The second kappa shape index (κ2) is 12.0. The largest absolute Gasteiger partial charge is 0.468 e. The van der Waals surface area contributed by atoms with E-state index in [0.717, 1.165) is 11.1 Å². The lowest BCUT2D eigenvalue weighted by Gasteiger charge is -2.16. The van der Waals surface area contributed by atoms with E-state index in [0.29, 0.717) is 32.3 Å². The zero-order chi connectivity index (χ0) is 21.8. The van der Waals surface area contributed by atoms with Gasteiger partial charge in [0.15, 0.2) is 12.6 Å². The number of halogens is 3. The summed E-state index contributed by atoms with van der Waals surface area (Å²) in [5.41, 5.74) is 1.93. The van der Waals surface area contributed by atoms with Gasteiger partial charge >= 0.3 is 6.18 Å². The van der Waals surface area contributed by atoms with Gasteiger partial charge in [-0.1, -0.05) is 43.3 Å². The molecule has 1 heterocycles. The van der Waals surface area contributed by atoms with Crippen LogP contribution < -0.4 is 15.4 Å². The van der Waals surface area contributed by atoms with Crippen molar-refractivity contribution in [1.29, 1.82) is 0 Å². The maximum atomic E-state index is 12.2. The number of benzene rings is 1. The third kappa shape index (κ3) is 9.60. The fourth-order valence-electron chi connectivity index (χ4n) is 2.45. The van der Waals surface area contributed by atoms with Crippen LogP contribution in [0.15, 0.2) is 53.7 Å². The Morgan fingerprint density at radius 2 is 1.87 bits per heavy atom. The van der Waals surface area contributed by atoms with Gasteiger partial charge in [-0.05, 0) is 17.0 Å². The van der Waals surface area contributed by atoms with Crippen LogP contribution in [-0.4, -0.2) is 43.9 Å². The van der Waals surface area contributed by atoms with E-state index < -0.39 is 12.8 Å². The van der Waals surface area contributed by atoms with Gasteiger partial charge in [-0.25, -0.2) is 4.98 Å². The Labute approximate surface area is 174 Å². The molecule has 1 aromatic heterocycles. The Hall–Kier alpha value is -2.81. The Kier molecular flexibility index (Phi) is 9.40. The fourth-order valence-corrected chi connectivity index (χ4v) is 2.45. The van der Waals surface area contributed by atoms with Crippen LogP contribution in [0.5, 0.6) is 5.88 Å².